The van der Waals surface area contributed by atoms with Gasteiger partial charge in [-0.1, -0.05) is 6.07 Å². The maximum Gasteiger partial charge on any atom is 0.258 e. The van der Waals surface area contributed by atoms with Crippen LogP contribution >= 0.6 is 0 Å². The highest BCUT2D eigenvalue weighted by atomic mass is 32.2. The number of hydrogen-bond acceptors (Lipinski definition) is 5. The van der Waals surface area contributed by atoms with Crippen molar-refractivity contribution in [3.63, 3.8) is 0 Å². The molecule has 1 amide bonds. The third-order valence-corrected chi connectivity index (χ3v) is 7.03. The second-order valence-corrected chi connectivity index (χ2v) is 9.25. The van der Waals surface area contributed by atoms with Crippen LogP contribution in [-0.2, 0) is 16.4 Å². The molecule has 0 aliphatic carbocycles. The van der Waals surface area contributed by atoms with Gasteiger partial charge in [-0.05, 0) is 55.2 Å². The summed E-state index contributed by atoms with van der Waals surface area (Å²) >= 11 is 0. The van der Waals surface area contributed by atoms with Crippen LogP contribution in [0.3, 0.4) is 0 Å². The summed E-state index contributed by atoms with van der Waals surface area (Å²) < 4.78 is 37.2. The van der Waals surface area contributed by atoms with Gasteiger partial charge < -0.3 is 14.4 Å². The van der Waals surface area contributed by atoms with E-state index in [-0.39, 0.29) is 22.1 Å². The molecule has 1 heterocycles. The first-order valence-electron chi connectivity index (χ1n) is 9.31. The van der Waals surface area contributed by atoms with Gasteiger partial charge in [0.25, 0.3) is 5.91 Å². The van der Waals surface area contributed by atoms with Gasteiger partial charge in [0.2, 0.25) is 10.0 Å². The molecule has 8 heteroatoms. The van der Waals surface area contributed by atoms with Gasteiger partial charge >= 0.3 is 0 Å². The fraction of sp³-hybridized carbons (Fsp3) is 0.381. The lowest BCUT2D eigenvalue weighted by Gasteiger charge is -2.32. The van der Waals surface area contributed by atoms with E-state index in [4.69, 9.17) is 9.47 Å². The number of rotatable bonds is 5. The van der Waals surface area contributed by atoms with Gasteiger partial charge in [-0.3, -0.25) is 4.79 Å². The first kappa shape index (κ1) is 21.1. The molecule has 0 bridgehead atoms. The molecular weight excluding hydrogens is 392 g/mol. The van der Waals surface area contributed by atoms with Crippen LogP contribution in [0.2, 0.25) is 0 Å². The van der Waals surface area contributed by atoms with Crippen LogP contribution in [0, 0.1) is 6.92 Å². The molecule has 2 aromatic rings. The molecule has 0 aromatic heterocycles. The lowest BCUT2D eigenvalue weighted by Crippen LogP contribution is -2.36. The normalized spacial score (nSPS) is 13.9. The number of sulfonamides is 1. The summed E-state index contributed by atoms with van der Waals surface area (Å²) in [6, 6.07) is 8.33. The largest absolute Gasteiger partial charge is 0.495 e. The Bertz CT molecular complexity index is 1050. The van der Waals surface area contributed by atoms with Crippen molar-refractivity contribution in [3.05, 3.63) is 47.0 Å². The summed E-state index contributed by atoms with van der Waals surface area (Å²) in [5, 5.41) is 0. The van der Waals surface area contributed by atoms with Crippen molar-refractivity contribution < 1.29 is 22.7 Å². The minimum absolute atomic E-state index is 0.0377. The summed E-state index contributed by atoms with van der Waals surface area (Å²) in [6.07, 6.45) is 1.69. The summed E-state index contributed by atoms with van der Waals surface area (Å²) in [6.45, 7) is 2.55. The quantitative estimate of drug-likeness (QED) is 0.746. The number of carbonyl (C=O) groups excluding carboxylic acids is 1. The number of hydrogen-bond donors (Lipinski definition) is 0. The first-order chi connectivity index (χ1) is 13.7. The molecule has 0 radical (unpaired) electrons. The van der Waals surface area contributed by atoms with E-state index in [9.17, 15) is 13.2 Å². The van der Waals surface area contributed by atoms with Crippen LogP contribution in [0.15, 0.2) is 35.2 Å². The molecule has 0 unspecified atom stereocenters. The van der Waals surface area contributed by atoms with Crippen molar-refractivity contribution in [2.24, 2.45) is 0 Å². The summed E-state index contributed by atoms with van der Waals surface area (Å²) in [5.41, 5.74) is 3.22. The fourth-order valence-electron chi connectivity index (χ4n) is 3.58. The summed E-state index contributed by atoms with van der Waals surface area (Å²) in [5.74, 6) is 0.559. The third-order valence-electron chi connectivity index (χ3n) is 5.19. The number of ether oxygens (including phenoxy) is 2. The molecule has 0 spiro atoms. The van der Waals surface area contributed by atoms with E-state index in [1.54, 1.807) is 18.1 Å². The van der Waals surface area contributed by atoms with Crippen molar-refractivity contribution in [1.82, 2.24) is 4.31 Å². The second-order valence-electron chi connectivity index (χ2n) is 7.13. The molecule has 2 aromatic carbocycles. The minimum atomic E-state index is -3.77. The SMILES string of the molecule is COc1ccc(C(=O)N2CCCc3c(C)ccc(OC)c32)cc1S(=O)(=O)N(C)C. The molecule has 1 aliphatic rings. The van der Waals surface area contributed by atoms with Gasteiger partial charge in [0.1, 0.15) is 16.4 Å². The minimum Gasteiger partial charge on any atom is -0.495 e. The number of carbonyl (C=O) groups is 1. The fourth-order valence-corrected chi connectivity index (χ4v) is 4.66. The highest BCUT2D eigenvalue weighted by Gasteiger charge is 2.30. The average molecular weight is 419 g/mol. The van der Waals surface area contributed by atoms with Crippen molar-refractivity contribution in [2.75, 3.05) is 39.8 Å². The van der Waals surface area contributed by atoms with Gasteiger partial charge in [0.05, 0.1) is 19.9 Å². The number of aryl methyl sites for hydroxylation is 1. The lowest BCUT2D eigenvalue weighted by atomic mass is 9.95. The van der Waals surface area contributed by atoms with E-state index in [0.717, 1.165) is 34.0 Å². The van der Waals surface area contributed by atoms with E-state index in [2.05, 4.69) is 0 Å². The lowest BCUT2D eigenvalue weighted by molar-refractivity contribution is 0.0984. The smallest absolute Gasteiger partial charge is 0.258 e. The van der Waals surface area contributed by atoms with Gasteiger partial charge in [-0.25, -0.2) is 12.7 Å². The van der Waals surface area contributed by atoms with E-state index in [1.165, 1.54) is 33.3 Å². The molecule has 0 atom stereocenters. The maximum atomic E-state index is 13.4. The highest BCUT2D eigenvalue weighted by molar-refractivity contribution is 7.89. The first-order valence-corrected chi connectivity index (χ1v) is 10.7. The molecule has 0 fully saturated rings. The van der Waals surface area contributed by atoms with Crippen LogP contribution in [0.4, 0.5) is 5.69 Å². The van der Waals surface area contributed by atoms with Crippen molar-refractivity contribution in [2.45, 2.75) is 24.7 Å². The van der Waals surface area contributed by atoms with Crippen LogP contribution in [0.1, 0.15) is 27.9 Å². The number of nitrogens with zero attached hydrogens (tertiary/aromatic N) is 2. The van der Waals surface area contributed by atoms with Crippen molar-refractivity contribution in [1.29, 1.82) is 0 Å². The van der Waals surface area contributed by atoms with E-state index >= 15 is 0 Å². The Balaban J connectivity index is 2.11. The Morgan fingerprint density at radius 1 is 1.07 bits per heavy atom. The number of methoxy groups -OCH3 is 2. The topological polar surface area (TPSA) is 76.1 Å². The predicted octanol–water partition coefficient (Wildman–Crippen LogP) is 2.86. The molecule has 3 rings (SSSR count). The van der Waals surface area contributed by atoms with Gasteiger partial charge in [-0.2, -0.15) is 0 Å². The maximum absolute atomic E-state index is 13.4. The zero-order valence-electron chi connectivity index (χ0n) is 17.4. The Morgan fingerprint density at radius 3 is 2.34 bits per heavy atom. The monoisotopic (exact) mass is 418 g/mol. The molecule has 0 saturated heterocycles. The Morgan fingerprint density at radius 2 is 1.72 bits per heavy atom. The molecule has 0 saturated carbocycles. The predicted molar refractivity (Wildman–Crippen MR) is 112 cm³/mol. The third kappa shape index (κ3) is 3.70. The van der Waals surface area contributed by atoms with Gasteiger partial charge in [0, 0.05) is 26.2 Å². The average Bonchev–Trinajstić information content (AvgIpc) is 2.72. The van der Waals surface area contributed by atoms with E-state index in [0.29, 0.717) is 12.3 Å². The van der Waals surface area contributed by atoms with Gasteiger partial charge in [-0.15, -0.1) is 0 Å². The number of anilines is 1. The molecule has 0 N–H and O–H groups in total. The van der Waals surface area contributed by atoms with Crippen molar-refractivity contribution >= 4 is 21.6 Å². The van der Waals surface area contributed by atoms with Crippen LogP contribution in [0.5, 0.6) is 11.5 Å². The number of fused-ring (bicyclic) bond motifs is 1. The van der Waals surface area contributed by atoms with Crippen molar-refractivity contribution in [3.8, 4) is 11.5 Å². The van der Waals surface area contributed by atoms with Crippen LogP contribution in [-0.4, -0.2) is 53.5 Å². The standard InChI is InChI=1S/C21H26N2O5S/c1-14-8-10-18(28-5)20-16(14)7-6-12-23(20)21(24)15-9-11-17(27-4)19(13-15)29(25,26)22(2)3/h8-11,13H,6-7,12H2,1-5H3. The number of amides is 1. The molecule has 1 aliphatic heterocycles. The van der Waals surface area contributed by atoms with E-state index < -0.39 is 10.0 Å². The molecule has 156 valence electrons. The molecular formula is C21H26N2O5S. The summed E-state index contributed by atoms with van der Waals surface area (Å²) in [7, 11) is 2.09. The molecule has 7 nitrogen and oxygen atoms in total. The highest BCUT2D eigenvalue weighted by Crippen LogP contribution is 2.39. The zero-order valence-corrected chi connectivity index (χ0v) is 18.2. The van der Waals surface area contributed by atoms with E-state index in [1.807, 2.05) is 19.1 Å². The summed E-state index contributed by atoms with van der Waals surface area (Å²) in [4.78, 5) is 15.1. The molecule has 29 heavy (non-hydrogen) atoms. The Kier molecular flexibility index (Phi) is 5.86. The van der Waals surface area contributed by atoms with Gasteiger partial charge in [0.15, 0.2) is 0 Å². The second kappa shape index (κ2) is 8.04. The number of benzene rings is 2. The van der Waals surface area contributed by atoms with Crippen LogP contribution < -0.4 is 14.4 Å². The Labute approximate surface area is 171 Å². The van der Waals surface area contributed by atoms with Crippen LogP contribution in [0.25, 0.3) is 0 Å². The zero-order chi connectivity index (χ0) is 21.3. The Hall–Kier alpha value is -2.58.